The van der Waals surface area contributed by atoms with E-state index in [1.165, 1.54) is 12.3 Å². The van der Waals surface area contributed by atoms with Gasteiger partial charge in [0.1, 0.15) is 4.90 Å². The van der Waals surface area contributed by atoms with E-state index in [0.29, 0.717) is 0 Å². The molecule has 6 nitrogen and oxygen atoms in total. The van der Waals surface area contributed by atoms with Gasteiger partial charge in [0.25, 0.3) is 0 Å². The highest BCUT2D eigenvalue weighted by molar-refractivity contribution is 7.89. The molecule has 1 aromatic heterocycles. The number of sulfonamides is 1. The van der Waals surface area contributed by atoms with Crippen LogP contribution in [0.4, 0.5) is 0 Å². The zero-order valence-corrected chi connectivity index (χ0v) is 11.2. The molecule has 1 fully saturated rings. The first-order valence-corrected chi connectivity index (χ1v) is 7.46. The number of nitrogens with zero attached hydrogens (tertiary/aromatic N) is 1. The van der Waals surface area contributed by atoms with Gasteiger partial charge >= 0.3 is 0 Å². The lowest BCUT2D eigenvalue weighted by Crippen LogP contribution is -2.46. The minimum absolute atomic E-state index is 0.180. The summed E-state index contributed by atoms with van der Waals surface area (Å²) in [6, 6.07) is 3.40. The summed E-state index contributed by atoms with van der Waals surface area (Å²) >= 11 is 0. The number of nitrogens with one attached hydrogen (secondary N) is 3. The summed E-state index contributed by atoms with van der Waals surface area (Å²) in [6.45, 7) is 4.07. The van der Waals surface area contributed by atoms with Crippen molar-refractivity contribution in [3.63, 3.8) is 0 Å². The third kappa shape index (κ3) is 2.69. The van der Waals surface area contributed by atoms with Crippen LogP contribution < -0.4 is 15.6 Å². The lowest BCUT2D eigenvalue weighted by Gasteiger charge is -2.18. The number of hydrogen-bond donors (Lipinski definition) is 3. The molecule has 18 heavy (non-hydrogen) atoms. The Morgan fingerprint density at radius 2 is 2.22 bits per heavy atom. The predicted octanol–water partition coefficient (Wildman–Crippen LogP) is 0.209. The molecule has 1 aromatic rings. The third-order valence-corrected chi connectivity index (χ3v) is 4.68. The van der Waals surface area contributed by atoms with Crippen LogP contribution in [0, 0.1) is 5.92 Å². The molecule has 7 heteroatoms. The highest BCUT2D eigenvalue weighted by atomic mass is 32.2. The largest absolute Gasteiger partial charge is 0.263 e. The van der Waals surface area contributed by atoms with E-state index in [4.69, 9.17) is 0 Å². The normalized spacial score (nSPS) is 28.4. The fraction of sp³-hybridized carbons (Fsp3) is 0.545. The number of rotatable bonds is 4. The van der Waals surface area contributed by atoms with Gasteiger partial charge in [0.15, 0.2) is 0 Å². The van der Waals surface area contributed by atoms with E-state index >= 15 is 0 Å². The van der Waals surface area contributed by atoms with Gasteiger partial charge in [-0.1, -0.05) is 13.8 Å². The van der Waals surface area contributed by atoms with E-state index in [2.05, 4.69) is 27.5 Å². The minimum atomic E-state index is -3.52. The van der Waals surface area contributed by atoms with Crippen LogP contribution >= 0.6 is 0 Å². The van der Waals surface area contributed by atoms with E-state index in [0.717, 1.165) is 6.42 Å². The maximum absolute atomic E-state index is 12.1. The van der Waals surface area contributed by atoms with Gasteiger partial charge in [-0.25, -0.2) is 13.8 Å². The van der Waals surface area contributed by atoms with Gasteiger partial charge in [-0.3, -0.25) is 10.4 Å². The van der Waals surface area contributed by atoms with Crippen LogP contribution in [0.1, 0.15) is 20.3 Å². The molecule has 3 N–H and O–H groups in total. The van der Waals surface area contributed by atoms with Crippen LogP contribution in [-0.4, -0.2) is 25.6 Å². The number of pyridine rings is 1. The molecule has 0 amide bonds. The summed E-state index contributed by atoms with van der Waals surface area (Å²) in [5.74, 6) is 0.182. The van der Waals surface area contributed by atoms with Gasteiger partial charge in [0, 0.05) is 24.4 Å². The van der Waals surface area contributed by atoms with Crippen molar-refractivity contribution >= 4 is 10.0 Å². The second kappa shape index (κ2) is 5.31. The molecule has 3 unspecified atom stereocenters. The van der Waals surface area contributed by atoms with Crippen LogP contribution in [0.25, 0.3) is 0 Å². The molecule has 0 saturated carbocycles. The van der Waals surface area contributed by atoms with E-state index in [1.807, 2.05) is 6.92 Å². The van der Waals surface area contributed by atoms with Crippen LogP contribution in [0.3, 0.4) is 0 Å². The topological polar surface area (TPSA) is 83.1 Å². The summed E-state index contributed by atoms with van der Waals surface area (Å²) in [5.41, 5.74) is 6.06. The zero-order valence-electron chi connectivity index (χ0n) is 10.4. The molecule has 2 rings (SSSR count). The van der Waals surface area contributed by atoms with Crippen molar-refractivity contribution in [2.45, 2.75) is 37.4 Å². The summed E-state index contributed by atoms with van der Waals surface area (Å²) in [5, 5.41) is 0. The first-order valence-electron chi connectivity index (χ1n) is 5.98. The summed E-state index contributed by atoms with van der Waals surface area (Å²) < 4.78 is 26.9. The second-order valence-electron chi connectivity index (χ2n) is 4.45. The summed E-state index contributed by atoms with van der Waals surface area (Å²) in [4.78, 5) is 4.00. The molecule has 0 aliphatic carbocycles. The maximum Gasteiger partial charge on any atom is 0.243 e. The monoisotopic (exact) mass is 270 g/mol. The van der Waals surface area contributed by atoms with Gasteiger partial charge < -0.3 is 0 Å². The molecule has 2 heterocycles. The van der Waals surface area contributed by atoms with Crippen molar-refractivity contribution in [1.29, 1.82) is 0 Å². The van der Waals surface area contributed by atoms with Crippen LogP contribution in [-0.2, 0) is 10.0 Å². The first kappa shape index (κ1) is 13.4. The lowest BCUT2D eigenvalue weighted by molar-refractivity contribution is 0.418. The quantitative estimate of drug-likeness (QED) is 0.728. The molecule has 0 aromatic carbocycles. The Morgan fingerprint density at radius 3 is 2.78 bits per heavy atom. The van der Waals surface area contributed by atoms with E-state index < -0.39 is 10.0 Å². The van der Waals surface area contributed by atoms with E-state index in [1.54, 1.807) is 12.3 Å². The Balaban J connectivity index is 2.11. The van der Waals surface area contributed by atoms with Gasteiger partial charge in [-0.15, -0.1) is 0 Å². The Bertz CT molecular complexity index is 491. The maximum atomic E-state index is 12.1. The fourth-order valence-electron chi connectivity index (χ4n) is 2.04. The van der Waals surface area contributed by atoms with Gasteiger partial charge in [-0.2, -0.15) is 4.72 Å². The fourth-order valence-corrected chi connectivity index (χ4v) is 3.25. The van der Waals surface area contributed by atoms with Crippen molar-refractivity contribution in [3.05, 3.63) is 24.5 Å². The van der Waals surface area contributed by atoms with Crippen LogP contribution in [0.5, 0.6) is 0 Å². The molecule has 1 aliphatic heterocycles. The predicted molar refractivity (Wildman–Crippen MR) is 67.9 cm³/mol. The molecule has 1 saturated heterocycles. The highest BCUT2D eigenvalue weighted by Gasteiger charge is 2.34. The second-order valence-corrected chi connectivity index (χ2v) is 6.16. The Morgan fingerprint density at radius 1 is 1.44 bits per heavy atom. The molecule has 100 valence electrons. The van der Waals surface area contributed by atoms with Crippen molar-refractivity contribution in [3.8, 4) is 0 Å². The van der Waals surface area contributed by atoms with Gasteiger partial charge in [0.05, 0.1) is 6.17 Å². The van der Waals surface area contributed by atoms with Crippen molar-refractivity contribution < 1.29 is 8.42 Å². The minimum Gasteiger partial charge on any atom is -0.263 e. The van der Waals surface area contributed by atoms with Crippen molar-refractivity contribution in [2.24, 2.45) is 5.92 Å². The lowest BCUT2D eigenvalue weighted by atomic mass is 10.0. The van der Waals surface area contributed by atoms with E-state index in [9.17, 15) is 8.42 Å². The molecule has 3 atom stereocenters. The van der Waals surface area contributed by atoms with Crippen molar-refractivity contribution in [2.75, 3.05) is 0 Å². The SMILES string of the molecule is CCC1NNC(NS(=O)(=O)c2cccnc2)C1C. The zero-order chi connectivity index (χ0) is 13.2. The Hall–Kier alpha value is -1.02. The molecular formula is C11H18N4O2S. The van der Waals surface area contributed by atoms with E-state index in [-0.39, 0.29) is 23.0 Å². The number of hydrogen-bond acceptors (Lipinski definition) is 5. The molecular weight excluding hydrogens is 252 g/mol. The Kier molecular flexibility index (Phi) is 3.96. The van der Waals surface area contributed by atoms with Crippen LogP contribution in [0.2, 0.25) is 0 Å². The van der Waals surface area contributed by atoms with Gasteiger partial charge in [0.2, 0.25) is 10.0 Å². The summed E-state index contributed by atoms with van der Waals surface area (Å²) in [7, 11) is -3.52. The molecule has 0 spiro atoms. The first-order chi connectivity index (χ1) is 8.54. The van der Waals surface area contributed by atoms with Gasteiger partial charge in [-0.05, 0) is 18.6 Å². The third-order valence-electron chi connectivity index (χ3n) is 3.25. The highest BCUT2D eigenvalue weighted by Crippen LogP contribution is 2.17. The number of aromatic nitrogens is 1. The standard InChI is InChI=1S/C11H18N4O2S/c1-3-10-8(2)11(14-13-10)15-18(16,17)9-5-4-6-12-7-9/h4-8,10-11,13-15H,3H2,1-2H3. The van der Waals surface area contributed by atoms with Crippen molar-refractivity contribution in [1.82, 2.24) is 20.6 Å². The molecule has 0 bridgehead atoms. The Labute approximate surface area is 107 Å². The summed E-state index contributed by atoms with van der Waals surface area (Å²) in [6.07, 6.45) is 3.52. The molecule has 0 radical (unpaired) electrons. The average molecular weight is 270 g/mol. The van der Waals surface area contributed by atoms with Crippen LogP contribution in [0.15, 0.2) is 29.4 Å². The molecule has 1 aliphatic rings. The smallest absolute Gasteiger partial charge is 0.243 e. The number of hydrazine groups is 1. The average Bonchev–Trinajstić information content (AvgIpc) is 2.71.